The van der Waals surface area contributed by atoms with Crippen molar-refractivity contribution in [2.75, 3.05) is 12.4 Å². The van der Waals surface area contributed by atoms with E-state index in [1.807, 2.05) is 0 Å². The first-order chi connectivity index (χ1) is 9.91. The van der Waals surface area contributed by atoms with Gasteiger partial charge in [-0.2, -0.15) is 13.2 Å². The molecule has 2 nitrogen and oxygen atoms in total. The number of halogens is 4. The van der Waals surface area contributed by atoms with Crippen LogP contribution >= 0.6 is 0 Å². The van der Waals surface area contributed by atoms with Crippen LogP contribution in [0, 0.1) is 5.82 Å². The zero-order valence-corrected chi connectivity index (χ0v) is 11.2. The zero-order chi connectivity index (χ0) is 15.5. The molecule has 0 aromatic heterocycles. The van der Waals surface area contributed by atoms with Crippen LogP contribution in [-0.4, -0.2) is 7.11 Å². The lowest BCUT2D eigenvalue weighted by Gasteiger charge is -2.14. The molecule has 6 heteroatoms. The maximum atomic E-state index is 13.6. The summed E-state index contributed by atoms with van der Waals surface area (Å²) in [6.07, 6.45) is -4.44. The number of methoxy groups -OCH3 is 1. The molecule has 2 aromatic carbocycles. The van der Waals surface area contributed by atoms with Gasteiger partial charge in [-0.15, -0.1) is 0 Å². The highest BCUT2D eigenvalue weighted by molar-refractivity contribution is 5.50. The fraction of sp³-hybridized carbons (Fsp3) is 0.200. The van der Waals surface area contributed by atoms with Crippen molar-refractivity contribution in [3.8, 4) is 5.75 Å². The van der Waals surface area contributed by atoms with Gasteiger partial charge in [0.05, 0.1) is 18.4 Å². The first-order valence-corrected chi connectivity index (χ1v) is 6.14. The van der Waals surface area contributed by atoms with E-state index < -0.39 is 17.6 Å². The summed E-state index contributed by atoms with van der Waals surface area (Å²) < 4.78 is 57.1. The Morgan fingerprint density at radius 2 is 1.81 bits per heavy atom. The third-order valence-corrected chi connectivity index (χ3v) is 2.97. The van der Waals surface area contributed by atoms with Crippen molar-refractivity contribution in [3.05, 3.63) is 59.4 Å². The Morgan fingerprint density at radius 1 is 1.10 bits per heavy atom. The van der Waals surface area contributed by atoms with Crippen molar-refractivity contribution in [1.29, 1.82) is 0 Å². The van der Waals surface area contributed by atoms with Crippen molar-refractivity contribution in [2.24, 2.45) is 0 Å². The summed E-state index contributed by atoms with van der Waals surface area (Å²) in [5, 5.41) is 2.66. The molecule has 0 aliphatic rings. The predicted octanol–water partition coefficient (Wildman–Crippen LogP) is 4.47. The third-order valence-electron chi connectivity index (χ3n) is 2.97. The molecule has 0 radical (unpaired) electrons. The minimum atomic E-state index is -4.44. The molecule has 0 saturated heterocycles. The van der Waals surface area contributed by atoms with E-state index in [1.165, 1.54) is 43.5 Å². The highest BCUT2D eigenvalue weighted by Crippen LogP contribution is 2.32. The van der Waals surface area contributed by atoms with Crippen LogP contribution in [0.25, 0.3) is 0 Å². The fourth-order valence-electron chi connectivity index (χ4n) is 1.91. The molecule has 0 aliphatic carbocycles. The van der Waals surface area contributed by atoms with Gasteiger partial charge in [0.2, 0.25) is 0 Å². The zero-order valence-electron chi connectivity index (χ0n) is 11.2. The average Bonchev–Trinajstić information content (AvgIpc) is 2.46. The minimum Gasteiger partial charge on any atom is -0.497 e. The first kappa shape index (κ1) is 15.2. The molecule has 0 bridgehead atoms. The third kappa shape index (κ3) is 3.65. The SMILES string of the molecule is COc1ccc(F)c(NCc2ccccc2C(F)(F)F)c1. The number of alkyl halides is 3. The molecule has 1 N–H and O–H groups in total. The Bertz CT molecular complexity index is 625. The van der Waals surface area contributed by atoms with Gasteiger partial charge in [-0.3, -0.25) is 0 Å². The second-order valence-corrected chi connectivity index (χ2v) is 4.35. The molecule has 0 unspecified atom stereocenters. The second kappa shape index (κ2) is 6.03. The molecule has 2 aromatic rings. The van der Waals surface area contributed by atoms with Gasteiger partial charge >= 0.3 is 6.18 Å². The maximum Gasteiger partial charge on any atom is 0.416 e. The molecule has 0 aliphatic heterocycles. The van der Waals surface area contributed by atoms with E-state index in [4.69, 9.17) is 4.74 Å². The van der Waals surface area contributed by atoms with E-state index in [0.717, 1.165) is 6.07 Å². The monoisotopic (exact) mass is 299 g/mol. The molecular formula is C15H13F4NO. The Labute approximate surface area is 119 Å². The highest BCUT2D eigenvalue weighted by atomic mass is 19.4. The molecule has 0 amide bonds. The van der Waals surface area contributed by atoms with Gasteiger partial charge in [0.15, 0.2) is 0 Å². The molecule has 0 fully saturated rings. The average molecular weight is 299 g/mol. The Balaban J connectivity index is 2.21. The molecule has 21 heavy (non-hydrogen) atoms. The summed E-state index contributed by atoms with van der Waals surface area (Å²) in [5.74, 6) is -0.136. The predicted molar refractivity (Wildman–Crippen MR) is 71.7 cm³/mol. The maximum absolute atomic E-state index is 13.6. The second-order valence-electron chi connectivity index (χ2n) is 4.35. The molecule has 0 spiro atoms. The van der Waals surface area contributed by atoms with Crippen LogP contribution in [0.15, 0.2) is 42.5 Å². The first-order valence-electron chi connectivity index (χ1n) is 6.14. The number of nitrogens with one attached hydrogen (secondary N) is 1. The van der Waals surface area contributed by atoms with Gasteiger partial charge in [0.1, 0.15) is 11.6 Å². The van der Waals surface area contributed by atoms with Crippen molar-refractivity contribution >= 4 is 5.69 Å². The Kier molecular flexibility index (Phi) is 4.35. The lowest BCUT2D eigenvalue weighted by atomic mass is 10.1. The van der Waals surface area contributed by atoms with Crippen LogP contribution in [0.5, 0.6) is 5.75 Å². The molecular weight excluding hydrogens is 286 g/mol. The van der Waals surface area contributed by atoms with Gasteiger partial charge < -0.3 is 10.1 Å². The van der Waals surface area contributed by atoms with Crippen LogP contribution in [0.2, 0.25) is 0 Å². The quantitative estimate of drug-likeness (QED) is 0.841. The van der Waals surface area contributed by atoms with E-state index in [-0.39, 0.29) is 17.8 Å². The van der Waals surface area contributed by atoms with Crippen LogP contribution < -0.4 is 10.1 Å². The smallest absolute Gasteiger partial charge is 0.416 e. The van der Waals surface area contributed by atoms with Crippen molar-refractivity contribution in [1.82, 2.24) is 0 Å². The Morgan fingerprint density at radius 3 is 2.48 bits per heavy atom. The van der Waals surface area contributed by atoms with Crippen LogP contribution in [0.1, 0.15) is 11.1 Å². The minimum absolute atomic E-state index is 0.0484. The topological polar surface area (TPSA) is 21.3 Å². The lowest BCUT2D eigenvalue weighted by molar-refractivity contribution is -0.138. The van der Waals surface area contributed by atoms with Gasteiger partial charge in [-0.25, -0.2) is 4.39 Å². The molecule has 112 valence electrons. The van der Waals surface area contributed by atoms with Crippen molar-refractivity contribution in [2.45, 2.75) is 12.7 Å². The molecule has 0 atom stereocenters. The molecule has 0 saturated carbocycles. The molecule has 2 rings (SSSR count). The van der Waals surface area contributed by atoms with Crippen molar-refractivity contribution < 1.29 is 22.3 Å². The largest absolute Gasteiger partial charge is 0.497 e. The van der Waals surface area contributed by atoms with E-state index >= 15 is 0 Å². The summed E-state index contributed by atoms with van der Waals surface area (Å²) in [6, 6.07) is 9.20. The van der Waals surface area contributed by atoms with Gasteiger partial charge in [0, 0.05) is 12.6 Å². The summed E-state index contributed by atoms with van der Waals surface area (Å²) >= 11 is 0. The van der Waals surface area contributed by atoms with Gasteiger partial charge in [-0.05, 0) is 23.8 Å². The highest BCUT2D eigenvalue weighted by Gasteiger charge is 2.32. The molecule has 0 heterocycles. The summed E-state index contributed by atoms with van der Waals surface area (Å²) in [4.78, 5) is 0. The van der Waals surface area contributed by atoms with Crippen LogP contribution in [-0.2, 0) is 12.7 Å². The number of hydrogen-bond donors (Lipinski definition) is 1. The van der Waals surface area contributed by atoms with Gasteiger partial charge in [-0.1, -0.05) is 18.2 Å². The van der Waals surface area contributed by atoms with Gasteiger partial charge in [0.25, 0.3) is 0 Å². The summed E-state index contributed by atoms with van der Waals surface area (Å²) in [6.45, 7) is -0.139. The number of benzene rings is 2. The normalized spacial score (nSPS) is 11.3. The standard InChI is InChI=1S/C15H13F4NO/c1-21-11-6-7-13(16)14(8-11)20-9-10-4-2-3-5-12(10)15(17,18)19/h2-8,20H,9H2,1H3. The number of rotatable bonds is 4. The fourth-order valence-corrected chi connectivity index (χ4v) is 1.91. The van der Waals surface area contributed by atoms with E-state index in [9.17, 15) is 17.6 Å². The van der Waals surface area contributed by atoms with E-state index in [0.29, 0.717) is 5.75 Å². The number of ether oxygens (including phenoxy) is 1. The summed E-state index contributed by atoms with van der Waals surface area (Å²) in [7, 11) is 1.43. The summed E-state index contributed by atoms with van der Waals surface area (Å²) in [5.41, 5.74) is -0.598. The van der Waals surface area contributed by atoms with Crippen LogP contribution in [0.3, 0.4) is 0 Å². The Hall–Kier alpha value is -2.24. The number of anilines is 1. The lowest BCUT2D eigenvalue weighted by Crippen LogP contribution is -2.12. The van der Waals surface area contributed by atoms with E-state index in [1.54, 1.807) is 0 Å². The van der Waals surface area contributed by atoms with Crippen LogP contribution in [0.4, 0.5) is 23.2 Å². The number of hydrogen-bond acceptors (Lipinski definition) is 2. The van der Waals surface area contributed by atoms with E-state index in [2.05, 4.69) is 5.32 Å². The van der Waals surface area contributed by atoms with Crippen molar-refractivity contribution in [3.63, 3.8) is 0 Å².